The summed E-state index contributed by atoms with van der Waals surface area (Å²) in [5, 5.41) is 9.62. The van der Waals surface area contributed by atoms with E-state index in [1.807, 2.05) is 6.92 Å². The van der Waals surface area contributed by atoms with Crippen molar-refractivity contribution in [2.75, 3.05) is 18.4 Å². The number of thiazole rings is 1. The topological polar surface area (TPSA) is 97.2 Å². The highest BCUT2D eigenvalue weighted by atomic mass is 32.2. The van der Waals surface area contributed by atoms with Crippen molar-refractivity contribution in [2.24, 2.45) is 5.92 Å². The van der Waals surface area contributed by atoms with Crippen molar-refractivity contribution in [1.82, 2.24) is 19.1 Å². The van der Waals surface area contributed by atoms with Gasteiger partial charge in [0.25, 0.3) is 10.0 Å². The van der Waals surface area contributed by atoms with Crippen molar-refractivity contribution in [3.05, 3.63) is 53.3 Å². The Morgan fingerprint density at radius 3 is 2.73 bits per heavy atom. The van der Waals surface area contributed by atoms with Gasteiger partial charge >= 0.3 is 0 Å². The number of carbonyl (C=O) groups is 1. The summed E-state index contributed by atoms with van der Waals surface area (Å²) < 4.78 is 43.0. The number of anilines is 1. The standard InChI is InChI=1S/C21H20FN5O3S3/c1-13-11-18(27(25-13)21-23-16-5-4-15(22)12-17(16)32-21)24-20(28)14-6-8-26(9-7-14)33(29,30)19-3-2-10-31-19/h2-5,10-12,14H,6-9H2,1H3,(H,24,28). The third-order valence-electron chi connectivity index (χ3n) is 5.52. The third-order valence-corrected chi connectivity index (χ3v) is 9.78. The van der Waals surface area contributed by atoms with Crippen LogP contribution < -0.4 is 5.32 Å². The van der Waals surface area contributed by atoms with Crippen LogP contribution in [0.15, 0.2) is 46.0 Å². The number of nitrogens with one attached hydrogen (secondary N) is 1. The molecule has 1 aliphatic rings. The SMILES string of the molecule is Cc1cc(NC(=O)C2CCN(S(=O)(=O)c3cccs3)CC2)n(-c2nc3ccc(F)cc3s2)n1. The summed E-state index contributed by atoms with van der Waals surface area (Å²) >= 11 is 2.47. The molecule has 0 saturated carbocycles. The zero-order valence-electron chi connectivity index (χ0n) is 17.6. The van der Waals surface area contributed by atoms with Crippen molar-refractivity contribution < 1.29 is 17.6 Å². The van der Waals surface area contributed by atoms with E-state index in [9.17, 15) is 17.6 Å². The molecule has 0 radical (unpaired) electrons. The van der Waals surface area contributed by atoms with Gasteiger partial charge in [-0.25, -0.2) is 17.8 Å². The van der Waals surface area contributed by atoms with Crippen molar-refractivity contribution in [2.45, 2.75) is 24.0 Å². The van der Waals surface area contributed by atoms with E-state index in [1.165, 1.54) is 39.1 Å². The smallest absolute Gasteiger partial charge is 0.252 e. The molecule has 1 saturated heterocycles. The molecule has 33 heavy (non-hydrogen) atoms. The molecule has 5 rings (SSSR count). The van der Waals surface area contributed by atoms with Gasteiger partial charge in [-0.15, -0.1) is 11.3 Å². The normalized spacial score (nSPS) is 15.8. The summed E-state index contributed by atoms with van der Waals surface area (Å²) in [6, 6.07) is 9.44. The maximum Gasteiger partial charge on any atom is 0.252 e. The van der Waals surface area contributed by atoms with Gasteiger partial charge in [0.1, 0.15) is 15.8 Å². The summed E-state index contributed by atoms with van der Waals surface area (Å²) in [7, 11) is -3.51. The first-order valence-electron chi connectivity index (χ1n) is 10.3. The number of amides is 1. The van der Waals surface area contributed by atoms with Gasteiger partial charge in [-0.3, -0.25) is 4.79 Å². The van der Waals surface area contributed by atoms with E-state index in [1.54, 1.807) is 34.3 Å². The molecule has 0 spiro atoms. The highest BCUT2D eigenvalue weighted by Crippen LogP contribution is 2.30. The van der Waals surface area contributed by atoms with Crippen molar-refractivity contribution >= 4 is 54.6 Å². The van der Waals surface area contributed by atoms with E-state index < -0.39 is 10.0 Å². The van der Waals surface area contributed by atoms with Gasteiger partial charge in [0.2, 0.25) is 11.0 Å². The molecule has 1 fully saturated rings. The van der Waals surface area contributed by atoms with Crippen LogP contribution in [-0.2, 0) is 14.8 Å². The summed E-state index contributed by atoms with van der Waals surface area (Å²) in [5.74, 6) is -0.356. The number of hydrogen-bond acceptors (Lipinski definition) is 7. The minimum absolute atomic E-state index is 0.184. The minimum Gasteiger partial charge on any atom is -0.310 e. The monoisotopic (exact) mass is 505 g/mol. The molecule has 1 N–H and O–H groups in total. The van der Waals surface area contributed by atoms with Gasteiger partial charge in [-0.05, 0) is 49.4 Å². The first-order valence-corrected chi connectivity index (χ1v) is 13.4. The van der Waals surface area contributed by atoms with Crippen molar-refractivity contribution in [3.8, 4) is 5.13 Å². The lowest BCUT2D eigenvalue weighted by Crippen LogP contribution is -2.41. The molecule has 0 bridgehead atoms. The first-order chi connectivity index (χ1) is 15.8. The summed E-state index contributed by atoms with van der Waals surface area (Å²) in [4.78, 5) is 17.5. The van der Waals surface area contributed by atoms with Gasteiger partial charge in [0.15, 0.2) is 0 Å². The molecule has 1 aromatic carbocycles. The second-order valence-corrected chi connectivity index (χ2v) is 11.9. The highest BCUT2D eigenvalue weighted by Gasteiger charge is 2.33. The minimum atomic E-state index is -3.51. The molecule has 1 aliphatic heterocycles. The number of carbonyl (C=O) groups excluding carboxylic acids is 1. The lowest BCUT2D eigenvalue weighted by Gasteiger charge is -2.30. The van der Waals surface area contributed by atoms with Crippen LogP contribution in [0.1, 0.15) is 18.5 Å². The molecule has 1 amide bonds. The molecule has 0 unspecified atom stereocenters. The second-order valence-electron chi connectivity index (χ2n) is 7.79. The number of sulfonamides is 1. The number of hydrogen-bond donors (Lipinski definition) is 1. The lowest BCUT2D eigenvalue weighted by molar-refractivity contribution is -0.120. The Bertz CT molecular complexity index is 1420. The highest BCUT2D eigenvalue weighted by molar-refractivity contribution is 7.91. The Kier molecular flexibility index (Phi) is 5.77. The second kappa shape index (κ2) is 8.60. The Morgan fingerprint density at radius 1 is 1.21 bits per heavy atom. The van der Waals surface area contributed by atoms with Crippen LogP contribution in [0.5, 0.6) is 0 Å². The lowest BCUT2D eigenvalue weighted by atomic mass is 9.97. The number of aromatic nitrogens is 3. The van der Waals surface area contributed by atoms with E-state index in [-0.39, 0.29) is 17.6 Å². The molecule has 4 aromatic rings. The van der Waals surface area contributed by atoms with Gasteiger partial charge in [0.05, 0.1) is 15.9 Å². The van der Waals surface area contributed by atoms with Crippen molar-refractivity contribution in [3.63, 3.8) is 0 Å². The van der Waals surface area contributed by atoms with Gasteiger partial charge < -0.3 is 5.32 Å². The van der Waals surface area contributed by atoms with Crippen LogP contribution in [0.25, 0.3) is 15.3 Å². The van der Waals surface area contributed by atoms with E-state index >= 15 is 0 Å². The van der Waals surface area contributed by atoms with Gasteiger partial charge in [-0.1, -0.05) is 17.4 Å². The maximum atomic E-state index is 13.5. The van der Waals surface area contributed by atoms with E-state index in [2.05, 4.69) is 15.4 Å². The fraction of sp³-hybridized carbons (Fsp3) is 0.286. The number of fused-ring (bicyclic) bond motifs is 1. The zero-order valence-corrected chi connectivity index (χ0v) is 20.0. The summed E-state index contributed by atoms with van der Waals surface area (Å²) in [5.41, 5.74) is 1.36. The molecule has 12 heteroatoms. The molecule has 172 valence electrons. The molecule has 3 aromatic heterocycles. The summed E-state index contributed by atoms with van der Waals surface area (Å²) in [6.07, 6.45) is 0.869. The van der Waals surface area contributed by atoms with Gasteiger partial charge in [-0.2, -0.15) is 14.1 Å². The number of rotatable bonds is 5. The van der Waals surface area contributed by atoms with E-state index in [0.717, 1.165) is 0 Å². The van der Waals surface area contributed by atoms with E-state index in [0.29, 0.717) is 57.0 Å². The fourth-order valence-electron chi connectivity index (χ4n) is 3.84. The molecular formula is C21H20FN5O3S3. The number of aryl methyl sites for hydroxylation is 1. The quantitative estimate of drug-likeness (QED) is 0.442. The largest absolute Gasteiger partial charge is 0.310 e. The van der Waals surface area contributed by atoms with Crippen LogP contribution in [0.3, 0.4) is 0 Å². The maximum absolute atomic E-state index is 13.5. The number of thiophene rings is 1. The summed E-state index contributed by atoms with van der Waals surface area (Å²) in [6.45, 7) is 2.40. The molecular weight excluding hydrogens is 485 g/mol. The third kappa shape index (κ3) is 4.31. The number of nitrogens with zero attached hydrogens (tertiary/aromatic N) is 4. The van der Waals surface area contributed by atoms with Gasteiger partial charge in [0, 0.05) is 25.1 Å². The Morgan fingerprint density at radius 2 is 2.00 bits per heavy atom. The Balaban J connectivity index is 1.30. The Hall–Kier alpha value is -2.67. The average Bonchev–Trinajstić information content (AvgIpc) is 3.53. The first kappa shape index (κ1) is 22.1. The van der Waals surface area contributed by atoms with Crippen LogP contribution in [0, 0.1) is 18.7 Å². The van der Waals surface area contributed by atoms with Crippen LogP contribution in [0.4, 0.5) is 10.2 Å². The predicted octanol–water partition coefficient (Wildman–Crippen LogP) is 4.03. The van der Waals surface area contributed by atoms with Crippen LogP contribution in [-0.4, -0.2) is 46.5 Å². The van der Waals surface area contributed by atoms with Crippen molar-refractivity contribution in [1.29, 1.82) is 0 Å². The van der Waals surface area contributed by atoms with Crippen LogP contribution >= 0.6 is 22.7 Å². The average molecular weight is 506 g/mol. The predicted molar refractivity (Wildman–Crippen MR) is 126 cm³/mol. The fourth-order valence-corrected chi connectivity index (χ4v) is 7.41. The number of piperidine rings is 1. The molecule has 0 atom stereocenters. The van der Waals surface area contributed by atoms with Crippen LogP contribution in [0.2, 0.25) is 0 Å². The Labute approximate surface area is 197 Å². The number of benzene rings is 1. The molecule has 8 nitrogen and oxygen atoms in total. The molecule has 4 heterocycles. The van der Waals surface area contributed by atoms with E-state index in [4.69, 9.17) is 0 Å². The zero-order chi connectivity index (χ0) is 23.2. The number of halogens is 1. The molecule has 0 aliphatic carbocycles.